The molecule has 0 atom stereocenters. The van der Waals surface area contributed by atoms with Crippen molar-refractivity contribution in [2.75, 3.05) is 0 Å². The number of rotatable bonds is 5. The molecule has 19 heavy (non-hydrogen) atoms. The van der Waals surface area contributed by atoms with E-state index in [4.69, 9.17) is 5.11 Å². The van der Waals surface area contributed by atoms with Gasteiger partial charge in [0.15, 0.2) is 5.16 Å². The number of H-pyrrole nitrogens is 1. The Hall–Kier alpha value is -1.53. The first-order valence-corrected chi connectivity index (χ1v) is 7.00. The van der Waals surface area contributed by atoms with E-state index in [9.17, 15) is 4.79 Å². The molecule has 0 saturated heterocycles. The molecule has 0 saturated carbocycles. The lowest BCUT2D eigenvalue weighted by Gasteiger charge is -2.07. The summed E-state index contributed by atoms with van der Waals surface area (Å²) in [6.45, 7) is 4.70. The molecule has 0 spiro atoms. The van der Waals surface area contributed by atoms with Crippen LogP contribution in [0.4, 0.5) is 0 Å². The fraction of sp³-hybridized carbons (Fsp3) is 0.385. The summed E-state index contributed by atoms with van der Waals surface area (Å²) in [5.41, 5.74) is 1.78. The Kier molecular flexibility index (Phi) is 4.44. The van der Waals surface area contributed by atoms with Crippen LogP contribution in [0.3, 0.4) is 0 Å². The molecule has 1 aromatic carbocycles. The van der Waals surface area contributed by atoms with Gasteiger partial charge in [0.25, 0.3) is 0 Å². The Labute approximate surface area is 115 Å². The fourth-order valence-corrected chi connectivity index (χ4v) is 2.75. The van der Waals surface area contributed by atoms with Crippen LogP contribution in [-0.2, 0) is 13.2 Å². The predicted octanol–water partition coefficient (Wildman–Crippen LogP) is 1.93. The van der Waals surface area contributed by atoms with Gasteiger partial charge < -0.3 is 5.11 Å². The molecule has 0 amide bonds. The van der Waals surface area contributed by atoms with Crippen LogP contribution in [-0.4, -0.2) is 19.9 Å². The van der Waals surface area contributed by atoms with Gasteiger partial charge in [-0.05, 0) is 42.3 Å². The first-order chi connectivity index (χ1) is 9.15. The van der Waals surface area contributed by atoms with E-state index in [1.807, 2.05) is 32.0 Å². The molecule has 2 rings (SSSR count). The average Bonchev–Trinajstić information content (AvgIpc) is 2.74. The van der Waals surface area contributed by atoms with Gasteiger partial charge in [-0.3, -0.25) is 4.57 Å². The van der Waals surface area contributed by atoms with Crippen molar-refractivity contribution in [2.45, 2.75) is 43.5 Å². The van der Waals surface area contributed by atoms with E-state index in [1.165, 1.54) is 11.8 Å². The van der Waals surface area contributed by atoms with Crippen molar-refractivity contribution in [1.82, 2.24) is 14.8 Å². The van der Waals surface area contributed by atoms with Crippen molar-refractivity contribution >= 4 is 11.8 Å². The molecule has 0 radical (unpaired) electrons. The minimum absolute atomic E-state index is 0.0364. The summed E-state index contributed by atoms with van der Waals surface area (Å²) in [5.74, 6) is 0. The van der Waals surface area contributed by atoms with Crippen molar-refractivity contribution in [2.24, 2.45) is 0 Å². The van der Waals surface area contributed by atoms with Gasteiger partial charge in [0, 0.05) is 11.4 Å². The van der Waals surface area contributed by atoms with Crippen LogP contribution in [0.5, 0.6) is 0 Å². The van der Waals surface area contributed by atoms with Gasteiger partial charge in [0.1, 0.15) is 0 Å². The largest absolute Gasteiger partial charge is 0.392 e. The highest BCUT2D eigenvalue weighted by atomic mass is 32.2. The zero-order valence-corrected chi connectivity index (χ0v) is 11.8. The molecule has 5 nitrogen and oxygen atoms in total. The van der Waals surface area contributed by atoms with E-state index in [0.29, 0.717) is 11.7 Å². The summed E-state index contributed by atoms with van der Waals surface area (Å²) in [5, 5.41) is 16.3. The smallest absolute Gasteiger partial charge is 0.343 e. The lowest BCUT2D eigenvalue weighted by Crippen LogP contribution is -2.17. The first-order valence-electron chi connectivity index (χ1n) is 6.19. The van der Waals surface area contributed by atoms with Gasteiger partial charge >= 0.3 is 5.69 Å². The maximum atomic E-state index is 11.6. The van der Waals surface area contributed by atoms with Gasteiger partial charge in [0.05, 0.1) is 6.61 Å². The summed E-state index contributed by atoms with van der Waals surface area (Å²) in [6.07, 6.45) is 0.884. The number of benzene rings is 1. The summed E-state index contributed by atoms with van der Waals surface area (Å²) in [4.78, 5) is 12.6. The monoisotopic (exact) mass is 279 g/mol. The number of aromatic amines is 1. The normalized spacial score (nSPS) is 10.9. The van der Waals surface area contributed by atoms with Crippen molar-refractivity contribution < 1.29 is 5.11 Å². The van der Waals surface area contributed by atoms with Gasteiger partial charge in [-0.15, -0.1) is 5.10 Å². The molecule has 1 heterocycles. The molecule has 0 aliphatic heterocycles. The number of nitrogens with one attached hydrogen (secondary N) is 1. The molecule has 0 aliphatic rings. The van der Waals surface area contributed by atoms with Crippen LogP contribution < -0.4 is 5.69 Å². The molecule has 102 valence electrons. The number of aliphatic hydroxyl groups is 1. The van der Waals surface area contributed by atoms with Gasteiger partial charge in [-0.25, -0.2) is 9.89 Å². The zero-order chi connectivity index (χ0) is 13.8. The predicted molar refractivity (Wildman–Crippen MR) is 74.4 cm³/mol. The molecular weight excluding hydrogens is 262 g/mol. The highest BCUT2D eigenvalue weighted by molar-refractivity contribution is 7.99. The number of hydrogen-bond donors (Lipinski definition) is 2. The third kappa shape index (κ3) is 3.08. The van der Waals surface area contributed by atoms with Gasteiger partial charge in [-0.1, -0.05) is 19.1 Å². The zero-order valence-electron chi connectivity index (χ0n) is 11.0. The second-order valence-electron chi connectivity index (χ2n) is 4.32. The molecule has 6 heteroatoms. The van der Waals surface area contributed by atoms with Crippen LogP contribution in [0, 0.1) is 6.92 Å². The molecule has 0 fully saturated rings. The van der Waals surface area contributed by atoms with E-state index < -0.39 is 0 Å². The van der Waals surface area contributed by atoms with Crippen molar-refractivity contribution in [1.29, 1.82) is 0 Å². The number of aliphatic hydroxyl groups excluding tert-OH is 1. The quantitative estimate of drug-likeness (QED) is 0.877. The van der Waals surface area contributed by atoms with E-state index in [-0.39, 0.29) is 12.3 Å². The molecule has 1 aromatic heterocycles. The Bertz CT molecular complexity index is 619. The molecule has 2 aromatic rings. The molecule has 0 bridgehead atoms. The first kappa shape index (κ1) is 13.9. The van der Waals surface area contributed by atoms with Crippen LogP contribution in [0.2, 0.25) is 0 Å². The van der Waals surface area contributed by atoms with Gasteiger partial charge in [-0.2, -0.15) is 0 Å². The Balaban J connectivity index is 2.28. The van der Waals surface area contributed by atoms with Crippen molar-refractivity contribution in [3.63, 3.8) is 0 Å². The second kappa shape index (κ2) is 6.08. The topological polar surface area (TPSA) is 70.9 Å². The highest BCUT2D eigenvalue weighted by Crippen LogP contribution is 2.28. The minimum atomic E-state index is -0.172. The summed E-state index contributed by atoms with van der Waals surface area (Å²) >= 11 is 1.46. The number of hydrogen-bond acceptors (Lipinski definition) is 4. The second-order valence-corrected chi connectivity index (χ2v) is 5.33. The Morgan fingerprint density at radius 2 is 2.26 bits per heavy atom. The summed E-state index contributed by atoms with van der Waals surface area (Å²) in [6, 6.07) is 5.77. The number of aryl methyl sites for hydroxylation is 1. The summed E-state index contributed by atoms with van der Waals surface area (Å²) < 4.78 is 1.64. The highest BCUT2D eigenvalue weighted by Gasteiger charge is 2.10. The number of nitrogens with zero attached hydrogens (tertiary/aromatic N) is 2. The molecular formula is C13H17N3O2S. The van der Waals surface area contributed by atoms with E-state index >= 15 is 0 Å². The molecule has 2 N–H and O–H groups in total. The fourth-order valence-electron chi connectivity index (χ4n) is 1.82. The molecule has 0 aliphatic carbocycles. The van der Waals surface area contributed by atoms with E-state index in [0.717, 1.165) is 22.4 Å². The van der Waals surface area contributed by atoms with Crippen LogP contribution >= 0.6 is 11.8 Å². The minimum Gasteiger partial charge on any atom is -0.392 e. The standard InChI is InChI=1S/C13H17N3O2S/c1-3-6-16-12(18)14-15-13(16)19-11-5-4-10(8-17)7-9(11)2/h4-5,7,17H,3,6,8H2,1-2H3,(H,14,18). The summed E-state index contributed by atoms with van der Waals surface area (Å²) in [7, 11) is 0. The van der Waals surface area contributed by atoms with Gasteiger partial charge in [0.2, 0.25) is 0 Å². The Morgan fingerprint density at radius 1 is 1.47 bits per heavy atom. The molecule has 0 unspecified atom stereocenters. The maximum Gasteiger partial charge on any atom is 0.343 e. The average molecular weight is 279 g/mol. The SMILES string of the molecule is CCCn1c(Sc2ccc(CO)cc2C)n[nH]c1=O. The maximum absolute atomic E-state index is 11.6. The lowest BCUT2D eigenvalue weighted by molar-refractivity contribution is 0.281. The van der Waals surface area contributed by atoms with E-state index in [1.54, 1.807) is 4.57 Å². The van der Waals surface area contributed by atoms with Crippen LogP contribution in [0.15, 0.2) is 33.0 Å². The Morgan fingerprint density at radius 3 is 2.89 bits per heavy atom. The third-order valence-corrected chi connectivity index (χ3v) is 3.97. The number of aromatic nitrogens is 3. The van der Waals surface area contributed by atoms with Crippen molar-refractivity contribution in [3.05, 3.63) is 39.8 Å². The lowest BCUT2D eigenvalue weighted by atomic mass is 10.1. The van der Waals surface area contributed by atoms with Crippen molar-refractivity contribution in [3.8, 4) is 0 Å². The van der Waals surface area contributed by atoms with E-state index in [2.05, 4.69) is 10.2 Å². The third-order valence-electron chi connectivity index (χ3n) is 2.79. The van der Waals surface area contributed by atoms with Crippen LogP contribution in [0.25, 0.3) is 0 Å². The van der Waals surface area contributed by atoms with Crippen LogP contribution in [0.1, 0.15) is 24.5 Å².